The van der Waals surface area contributed by atoms with E-state index in [1.54, 1.807) is 0 Å². The minimum atomic E-state index is 0.365. The Balaban J connectivity index is 2.03. The monoisotopic (exact) mass is 274 g/mol. The van der Waals surface area contributed by atoms with Gasteiger partial charge in [0.25, 0.3) is 0 Å². The highest BCUT2D eigenvalue weighted by atomic mass is 32.1. The van der Waals surface area contributed by atoms with Gasteiger partial charge in [-0.3, -0.25) is 0 Å². The molecule has 1 aromatic carbocycles. The van der Waals surface area contributed by atoms with Crippen molar-refractivity contribution < 1.29 is 0 Å². The molecule has 1 unspecified atom stereocenters. The summed E-state index contributed by atoms with van der Waals surface area (Å²) in [6.45, 7) is 4.34. The maximum Gasteiger partial charge on any atom is 0.110 e. The quantitative estimate of drug-likeness (QED) is 0.864. The third-order valence-electron chi connectivity index (χ3n) is 3.46. The van der Waals surface area contributed by atoms with Crippen LogP contribution < -0.4 is 5.32 Å². The molecule has 102 valence electrons. The van der Waals surface area contributed by atoms with Crippen LogP contribution in [0, 0.1) is 6.92 Å². The molecule has 0 amide bonds. The van der Waals surface area contributed by atoms with Crippen molar-refractivity contribution in [1.82, 2.24) is 10.3 Å². The van der Waals surface area contributed by atoms with Crippen molar-refractivity contribution in [3.05, 3.63) is 51.5 Å². The number of aryl methyl sites for hydroxylation is 3. The molecule has 3 heteroatoms. The number of nitrogens with zero attached hydrogens (tertiary/aromatic N) is 1. The van der Waals surface area contributed by atoms with Gasteiger partial charge in [0.1, 0.15) is 5.01 Å². The largest absolute Gasteiger partial charge is 0.311 e. The zero-order chi connectivity index (χ0) is 13.7. The van der Waals surface area contributed by atoms with Crippen LogP contribution in [0.25, 0.3) is 0 Å². The maximum atomic E-state index is 4.77. The Labute approximate surface area is 119 Å². The van der Waals surface area contributed by atoms with Crippen molar-refractivity contribution in [2.24, 2.45) is 0 Å². The van der Waals surface area contributed by atoms with Crippen molar-refractivity contribution in [1.29, 1.82) is 0 Å². The molecule has 0 aliphatic rings. The summed E-state index contributed by atoms with van der Waals surface area (Å²) in [4.78, 5) is 6.13. The van der Waals surface area contributed by atoms with Gasteiger partial charge in [-0.05, 0) is 38.8 Å². The fourth-order valence-corrected chi connectivity index (χ4v) is 3.43. The highest BCUT2D eigenvalue weighted by molar-refractivity contribution is 7.11. The summed E-state index contributed by atoms with van der Waals surface area (Å²) in [6, 6.07) is 11.0. The lowest BCUT2D eigenvalue weighted by Crippen LogP contribution is -2.17. The van der Waals surface area contributed by atoms with Gasteiger partial charge in [0.05, 0.1) is 11.7 Å². The van der Waals surface area contributed by atoms with Gasteiger partial charge < -0.3 is 5.32 Å². The minimum Gasteiger partial charge on any atom is -0.311 e. The molecule has 0 aliphatic carbocycles. The van der Waals surface area contributed by atoms with E-state index < -0.39 is 0 Å². The summed E-state index contributed by atoms with van der Waals surface area (Å²) in [5.74, 6) is 0. The summed E-state index contributed by atoms with van der Waals surface area (Å²) in [7, 11) is 2.03. The SMILES string of the molecule is CCc1nc(C(CCc2ccccc2)NC)sc1C. The fraction of sp³-hybridized carbons (Fsp3) is 0.438. The van der Waals surface area contributed by atoms with E-state index in [0.29, 0.717) is 6.04 Å². The first kappa shape index (κ1) is 14.2. The number of hydrogen-bond acceptors (Lipinski definition) is 3. The highest BCUT2D eigenvalue weighted by Crippen LogP contribution is 2.26. The molecule has 0 saturated heterocycles. The number of benzene rings is 1. The third-order valence-corrected chi connectivity index (χ3v) is 4.58. The van der Waals surface area contributed by atoms with Crippen molar-refractivity contribution in [3.8, 4) is 0 Å². The van der Waals surface area contributed by atoms with Gasteiger partial charge in [0, 0.05) is 4.88 Å². The summed E-state index contributed by atoms with van der Waals surface area (Å²) >= 11 is 1.83. The van der Waals surface area contributed by atoms with E-state index >= 15 is 0 Å². The van der Waals surface area contributed by atoms with Crippen LogP contribution in [-0.2, 0) is 12.8 Å². The molecular formula is C16H22N2S. The second kappa shape index (κ2) is 6.83. The molecule has 19 heavy (non-hydrogen) atoms. The van der Waals surface area contributed by atoms with E-state index in [1.165, 1.54) is 21.1 Å². The van der Waals surface area contributed by atoms with Crippen LogP contribution in [-0.4, -0.2) is 12.0 Å². The molecule has 0 bridgehead atoms. The predicted octanol–water partition coefficient (Wildman–Crippen LogP) is 3.91. The van der Waals surface area contributed by atoms with Crippen molar-refractivity contribution in [3.63, 3.8) is 0 Å². The van der Waals surface area contributed by atoms with E-state index in [1.807, 2.05) is 18.4 Å². The molecule has 1 N–H and O–H groups in total. The first-order valence-corrected chi connectivity index (χ1v) is 7.73. The molecule has 1 heterocycles. The smallest absolute Gasteiger partial charge is 0.110 e. The van der Waals surface area contributed by atoms with E-state index in [2.05, 4.69) is 49.5 Å². The standard InChI is InChI=1S/C16H22N2S/c1-4-14-12(2)19-16(18-14)15(17-3)11-10-13-8-6-5-7-9-13/h5-9,15,17H,4,10-11H2,1-3H3. The summed E-state index contributed by atoms with van der Waals surface area (Å²) in [6.07, 6.45) is 3.21. The van der Waals surface area contributed by atoms with Gasteiger partial charge in [0.15, 0.2) is 0 Å². The van der Waals surface area contributed by atoms with Crippen molar-refractivity contribution in [2.75, 3.05) is 7.05 Å². The van der Waals surface area contributed by atoms with Gasteiger partial charge in [-0.15, -0.1) is 11.3 Å². The average molecular weight is 274 g/mol. The second-order valence-electron chi connectivity index (χ2n) is 4.77. The van der Waals surface area contributed by atoms with Gasteiger partial charge in [-0.2, -0.15) is 0 Å². The number of thiazole rings is 1. The molecule has 2 nitrogen and oxygen atoms in total. The Bertz CT molecular complexity index is 505. The average Bonchev–Trinajstić information content (AvgIpc) is 2.82. The Morgan fingerprint density at radius 1 is 1.26 bits per heavy atom. The number of hydrogen-bond donors (Lipinski definition) is 1. The van der Waals surface area contributed by atoms with Crippen LogP contribution in [0.1, 0.15) is 40.5 Å². The first-order chi connectivity index (χ1) is 9.24. The highest BCUT2D eigenvalue weighted by Gasteiger charge is 2.15. The second-order valence-corrected chi connectivity index (χ2v) is 6.01. The molecule has 0 spiro atoms. The molecule has 2 rings (SSSR count). The van der Waals surface area contributed by atoms with Crippen LogP contribution in [0.3, 0.4) is 0 Å². The zero-order valence-corrected chi connectivity index (χ0v) is 12.8. The number of rotatable bonds is 6. The third kappa shape index (κ3) is 3.64. The van der Waals surface area contributed by atoms with Gasteiger partial charge in [-0.1, -0.05) is 37.3 Å². The number of aromatic nitrogens is 1. The Morgan fingerprint density at radius 3 is 2.58 bits per heavy atom. The summed E-state index contributed by atoms with van der Waals surface area (Å²) < 4.78 is 0. The molecule has 2 aromatic rings. The fourth-order valence-electron chi connectivity index (χ4n) is 2.27. The lowest BCUT2D eigenvalue weighted by Gasteiger charge is -2.13. The summed E-state index contributed by atoms with van der Waals surface area (Å²) in [5.41, 5.74) is 2.65. The van der Waals surface area contributed by atoms with Crippen LogP contribution in [0.4, 0.5) is 0 Å². The molecule has 0 aliphatic heterocycles. The Morgan fingerprint density at radius 2 is 2.00 bits per heavy atom. The zero-order valence-electron chi connectivity index (χ0n) is 11.9. The van der Waals surface area contributed by atoms with Crippen LogP contribution in [0.15, 0.2) is 30.3 Å². The van der Waals surface area contributed by atoms with E-state index in [4.69, 9.17) is 4.98 Å². The van der Waals surface area contributed by atoms with E-state index in [9.17, 15) is 0 Å². The van der Waals surface area contributed by atoms with Gasteiger partial charge in [-0.25, -0.2) is 4.98 Å². The molecule has 1 aromatic heterocycles. The molecular weight excluding hydrogens is 252 g/mol. The molecule has 0 radical (unpaired) electrons. The van der Waals surface area contributed by atoms with Crippen molar-refractivity contribution in [2.45, 2.75) is 39.2 Å². The molecule has 0 saturated carbocycles. The van der Waals surface area contributed by atoms with Crippen LogP contribution in [0.2, 0.25) is 0 Å². The van der Waals surface area contributed by atoms with E-state index in [0.717, 1.165) is 19.3 Å². The lowest BCUT2D eigenvalue weighted by molar-refractivity contribution is 0.545. The van der Waals surface area contributed by atoms with Crippen molar-refractivity contribution >= 4 is 11.3 Å². The Kier molecular flexibility index (Phi) is 5.11. The topological polar surface area (TPSA) is 24.9 Å². The molecule has 1 atom stereocenters. The maximum absolute atomic E-state index is 4.77. The number of nitrogens with one attached hydrogen (secondary N) is 1. The van der Waals surface area contributed by atoms with Crippen LogP contribution in [0.5, 0.6) is 0 Å². The van der Waals surface area contributed by atoms with E-state index in [-0.39, 0.29) is 0 Å². The molecule has 0 fully saturated rings. The van der Waals surface area contributed by atoms with Crippen LogP contribution >= 0.6 is 11.3 Å². The predicted molar refractivity (Wildman–Crippen MR) is 82.8 cm³/mol. The first-order valence-electron chi connectivity index (χ1n) is 6.92. The van der Waals surface area contributed by atoms with Gasteiger partial charge >= 0.3 is 0 Å². The normalized spacial score (nSPS) is 12.6. The van der Waals surface area contributed by atoms with Gasteiger partial charge in [0.2, 0.25) is 0 Å². The Hall–Kier alpha value is -1.19. The minimum absolute atomic E-state index is 0.365. The lowest BCUT2D eigenvalue weighted by atomic mass is 10.1. The summed E-state index contributed by atoms with van der Waals surface area (Å²) in [5, 5.41) is 4.63.